The van der Waals surface area contributed by atoms with Crippen LogP contribution in [0.5, 0.6) is 0 Å². The average Bonchev–Trinajstić information content (AvgIpc) is 2.69. The molecule has 0 aromatic heterocycles. The number of nitro groups is 1. The second kappa shape index (κ2) is 8.59. The zero-order chi connectivity index (χ0) is 21.1. The van der Waals surface area contributed by atoms with Crippen LogP contribution in [0, 0.1) is 16.0 Å². The highest BCUT2D eigenvalue weighted by atomic mass is 16.6. The van der Waals surface area contributed by atoms with Crippen LogP contribution in [0.4, 0.5) is 5.69 Å². The van der Waals surface area contributed by atoms with Gasteiger partial charge in [0.1, 0.15) is 18.1 Å². The Bertz CT molecular complexity index is 804. The van der Waals surface area contributed by atoms with Crippen molar-refractivity contribution < 1.29 is 19.3 Å². The van der Waals surface area contributed by atoms with E-state index in [1.807, 2.05) is 0 Å². The van der Waals surface area contributed by atoms with Crippen molar-refractivity contribution in [3.05, 3.63) is 39.9 Å². The van der Waals surface area contributed by atoms with Gasteiger partial charge in [0.15, 0.2) is 0 Å². The Morgan fingerprint density at radius 2 is 1.86 bits per heavy atom. The van der Waals surface area contributed by atoms with Crippen molar-refractivity contribution in [3.8, 4) is 0 Å². The van der Waals surface area contributed by atoms with Crippen LogP contribution in [0.25, 0.3) is 0 Å². The van der Waals surface area contributed by atoms with Crippen molar-refractivity contribution in [2.24, 2.45) is 11.7 Å². The maximum absolute atomic E-state index is 13.0. The highest BCUT2D eigenvalue weighted by molar-refractivity contribution is 5.99. The van der Waals surface area contributed by atoms with Crippen LogP contribution in [0.1, 0.15) is 44.6 Å². The van der Waals surface area contributed by atoms with E-state index in [-0.39, 0.29) is 29.8 Å². The molecule has 1 saturated heterocycles. The molecule has 0 bridgehead atoms. The van der Waals surface area contributed by atoms with Gasteiger partial charge in [0.25, 0.3) is 5.69 Å². The molecule has 3 rings (SSSR count). The van der Waals surface area contributed by atoms with E-state index in [1.54, 1.807) is 19.1 Å². The molecule has 1 heterocycles. The minimum atomic E-state index is -0.996. The fourth-order valence-corrected chi connectivity index (χ4v) is 4.40. The number of carbonyl (C=O) groups is 3. The van der Waals surface area contributed by atoms with E-state index in [2.05, 4.69) is 5.32 Å². The number of carbonyl (C=O) groups excluding carboxylic acids is 3. The SMILES string of the molecule is C[C@@H]1NC(=O)[C@H](C2CCCCC2)N([C@@H](Cc2ccc([N+](=O)[O-])cc2)C(N)=O)C1=O. The molecule has 1 aliphatic carbocycles. The Kier molecular flexibility index (Phi) is 6.14. The van der Waals surface area contributed by atoms with Gasteiger partial charge in [-0.05, 0) is 31.2 Å². The van der Waals surface area contributed by atoms with Crippen molar-refractivity contribution >= 4 is 23.4 Å². The zero-order valence-electron chi connectivity index (χ0n) is 16.4. The fraction of sp³-hybridized carbons (Fsp3) is 0.550. The van der Waals surface area contributed by atoms with E-state index in [4.69, 9.17) is 5.73 Å². The minimum Gasteiger partial charge on any atom is -0.368 e. The van der Waals surface area contributed by atoms with Gasteiger partial charge < -0.3 is 16.0 Å². The van der Waals surface area contributed by atoms with Crippen molar-refractivity contribution in [2.45, 2.75) is 63.6 Å². The van der Waals surface area contributed by atoms with Crippen LogP contribution in [0.2, 0.25) is 0 Å². The molecular formula is C20H26N4O5. The topological polar surface area (TPSA) is 136 Å². The Morgan fingerprint density at radius 3 is 2.41 bits per heavy atom. The number of amides is 3. The maximum Gasteiger partial charge on any atom is 0.269 e. The molecular weight excluding hydrogens is 376 g/mol. The van der Waals surface area contributed by atoms with Crippen LogP contribution >= 0.6 is 0 Å². The summed E-state index contributed by atoms with van der Waals surface area (Å²) in [6.45, 7) is 1.59. The van der Waals surface area contributed by atoms with Crippen LogP contribution in [0.15, 0.2) is 24.3 Å². The second-order valence-corrected chi connectivity index (χ2v) is 7.86. The summed E-state index contributed by atoms with van der Waals surface area (Å²) in [5.41, 5.74) is 6.23. The molecule has 0 spiro atoms. The van der Waals surface area contributed by atoms with Gasteiger partial charge >= 0.3 is 0 Å². The van der Waals surface area contributed by atoms with Gasteiger partial charge in [-0.15, -0.1) is 0 Å². The molecule has 0 radical (unpaired) electrons. The van der Waals surface area contributed by atoms with E-state index < -0.39 is 29.0 Å². The monoisotopic (exact) mass is 402 g/mol. The van der Waals surface area contributed by atoms with E-state index in [0.29, 0.717) is 5.56 Å². The number of nitrogens with zero attached hydrogens (tertiary/aromatic N) is 2. The smallest absolute Gasteiger partial charge is 0.269 e. The molecule has 0 unspecified atom stereocenters. The number of benzene rings is 1. The molecule has 9 heteroatoms. The Labute approximate surface area is 168 Å². The summed E-state index contributed by atoms with van der Waals surface area (Å²) in [4.78, 5) is 49.9. The lowest BCUT2D eigenvalue weighted by molar-refractivity contribution is -0.384. The third-order valence-corrected chi connectivity index (χ3v) is 5.89. The van der Waals surface area contributed by atoms with Gasteiger partial charge in [-0.2, -0.15) is 0 Å². The number of rotatable bonds is 6. The molecule has 29 heavy (non-hydrogen) atoms. The van der Waals surface area contributed by atoms with E-state index in [1.165, 1.54) is 17.0 Å². The number of hydrogen-bond donors (Lipinski definition) is 2. The largest absolute Gasteiger partial charge is 0.368 e. The predicted molar refractivity (Wildman–Crippen MR) is 105 cm³/mol. The Hall–Kier alpha value is -2.97. The molecule has 3 atom stereocenters. The number of nitrogens with one attached hydrogen (secondary N) is 1. The summed E-state index contributed by atoms with van der Waals surface area (Å²) in [5.74, 6) is -1.29. The quantitative estimate of drug-likeness (QED) is 0.546. The number of nitrogens with two attached hydrogens (primary N) is 1. The van der Waals surface area contributed by atoms with Crippen LogP contribution in [-0.2, 0) is 20.8 Å². The molecule has 1 aliphatic heterocycles. The summed E-state index contributed by atoms with van der Waals surface area (Å²) >= 11 is 0. The lowest BCUT2D eigenvalue weighted by atomic mass is 9.80. The first-order valence-corrected chi connectivity index (χ1v) is 9.94. The van der Waals surface area contributed by atoms with Crippen molar-refractivity contribution in [3.63, 3.8) is 0 Å². The summed E-state index contributed by atoms with van der Waals surface area (Å²) in [7, 11) is 0. The normalized spacial score (nSPS) is 24.1. The molecule has 156 valence electrons. The van der Waals surface area contributed by atoms with Crippen LogP contribution in [0.3, 0.4) is 0 Å². The molecule has 1 aromatic carbocycles. The number of hydrogen-bond acceptors (Lipinski definition) is 5. The third kappa shape index (κ3) is 4.38. The second-order valence-electron chi connectivity index (χ2n) is 7.86. The van der Waals surface area contributed by atoms with Crippen molar-refractivity contribution in [1.82, 2.24) is 10.2 Å². The van der Waals surface area contributed by atoms with Crippen molar-refractivity contribution in [1.29, 1.82) is 0 Å². The first-order chi connectivity index (χ1) is 13.8. The molecule has 2 aliphatic rings. The van der Waals surface area contributed by atoms with Gasteiger partial charge in [-0.1, -0.05) is 31.4 Å². The molecule has 3 N–H and O–H groups in total. The molecule has 9 nitrogen and oxygen atoms in total. The minimum absolute atomic E-state index is 0.0149. The Balaban J connectivity index is 1.92. The van der Waals surface area contributed by atoms with Gasteiger partial charge in [0, 0.05) is 18.6 Å². The average molecular weight is 402 g/mol. The standard InChI is InChI=1S/C20H26N4O5/c1-12-20(27)23(17(19(26)22-12)14-5-3-2-4-6-14)16(18(21)25)11-13-7-9-15(10-8-13)24(28)29/h7-10,12,14,16-17H,2-6,11H2,1H3,(H2,21,25)(H,22,26)/t12-,16-,17-/m0/s1. The highest BCUT2D eigenvalue weighted by Gasteiger charge is 2.47. The van der Waals surface area contributed by atoms with Crippen LogP contribution < -0.4 is 11.1 Å². The third-order valence-electron chi connectivity index (χ3n) is 5.89. The lowest BCUT2D eigenvalue weighted by Gasteiger charge is -2.45. The first-order valence-electron chi connectivity index (χ1n) is 9.94. The zero-order valence-corrected chi connectivity index (χ0v) is 16.4. The summed E-state index contributed by atoms with van der Waals surface area (Å²) in [5, 5.41) is 13.6. The number of piperazine rings is 1. The van der Waals surface area contributed by atoms with Gasteiger partial charge in [0.2, 0.25) is 17.7 Å². The highest BCUT2D eigenvalue weighted by Crippen LogP contribution is 2.32. The molecule has 2 fully saturated rings. The van der Waals surface area contributed by atoms with Gasteiger partial charge in [-0.3, -0.25) is 24.5 Å². The maximum atomic E-state index is 13.0. The fourth-order valence-electron chi connectivity index (χ4n) is 4.40. The summed E-state index contributed by atoms with van der Waals surface area (Å²) in [6, 6.07) is 3.32. The van der Waals surface area contributed by atoms with E-state index in [9.17, 15) is 24.5 Å². The molecule has 1 aromatic rings. The molecule has 1 saturated carbocycles. The van der Waals surface area contributed by atoms with Crippen molar-refractivity contribution in [2.75, 3.05) is 0 Å². The number of non-ortho nitro benzene ring substituents is 1. The lowest BCUT2D eigenvalue weighted by Crippen LogP contribution is -2.69. The van der Waals surface area contributed by atoms with Gasteiger partial charge in [-0.25, -0.2) is 0 Å². The van der Waals surface area contributed by atoms with E-state index in [0.717, 1.165) is 32.1 Å². The molecule has 3 amide bonds. The number of primary amides is 1. The van der Waals surface area contributed by atoms with Crippen LogP contribution in [-0.4, -0.2) is 45.7 Å². The first kappa shape index (κ1) is 20.8. The summed E-state index contributed by atoms with van der Waals surface area (Å²) in [6.07, 6.45) is 4.79. The van der Waals surface area contributed by atoms with Gasteiger partial charge in [0.05, 0.1) is 4.92 Å². The number of nitro benzene ring substituents is 1. The summed E-state index contributed by atoms with van der Waals surface area (Å²) < 4.78 is 0. The Morgan fingerprint density at radius 1 is 1.24 bits per heavy atom. The van der Waals surface area contributed by atoms with E-state index >= 15 is 0 Å². The predicted octanol–water partition coefficient (Wildman–Crippen LogP) is 1.29.